The summed E-state index contributed by atoms with van der Waals surface area (Å²) in [5, 5.41) is 4.09. The van der Waals surface area contributed by atoms with Gasteiger partial charge in [0.15, 0.2) is 0 Å². The molecule has 0 unspecified atom stereocenters. The number of piperazine rings is 1. The van der Waals surface area contributed by atoms with Gasteiger partial charge in [-0.2, -0.15) is 0 Å². The van der Waals surface area contributed by atoms with Gasteiger partial charge in [-0.05, 0) is 42.5 Å². The number of rotatable bonds is 4. The van der Waals surface area contributed by atoms with Crippen LogP contribution in [0.3, 0.4) is 0 Å². The largest absolute Gasteiger partial charge is 0.375 e. The van der Waals surface area contributed by atoms with E-state index >= 15 is 0 Å². The summed E-state index contributed by atoms with van der Waals surface area (Å²) in [7, 11) is 0. The van der Waals surface area contributed by atoms with Gasteiger partial charge in [-0.1, -0.05) is 23.2 Å². The third-order valence-corrected chi connectivity index (χ3v) is 4.73. The quantitative estimate of drug-likeness (QED) is 0.872. The molecule has 7 heteroatoms. The fourth-order valence-electron chi connectivity index (χ4n) is 2.78. The van der Waals surface area contributed by atoms with Gasteiger partial charge >= 0.3 is 0 Å². The van der Waals surface area contributed by atoms with Gasteiger partial charge in [-0.25, -0.2) is 4.39 Å². The summed E-state index contributed by atoms with van der Waals surface area (Å²) in [5.74, 6) is -0.228. The topological polar surface area (TPSA) is 35.6 Å². The third-order valence-electron chi connectivity index (χ3n) is 4.19. The van der Waals surface area contributed by atoms with Crippen molar-refractivity contribution in [3.8, 4) is 0 Å². The molecular formula is C18H18Cl2FN3O. The van der Waals surface area contributed by atoms with E-state index in [9.17, 15) is 9.18 Å². The van der Waals surface area contributed by atoms with Crippen LogP contribution in [0.25, 0.3) is 0 Å². The van der Waals surface area contributed by atoms with E-state index in [0.717, 1.165) is 18.8 Å². The van der Waals surface area contributed by atoms with Crippen LogP contribution < -0.4 is 10.2 Å². The van der Waals surface area contributed by atoms with E-state index in [0.29, 0.717) is 28.8 Å². The maximum Gasteiger partial charge on any atom is 0.241 e. The van der Waals surface area contributed by atoms with Crippen molar-refractivity contribution < 1.29 is 9.18 Å². The minimum atomic E-state index is -0.246. The molecular weight excluding hydrogens is 364 g/mol. The number of carbonyl (C=O) groups is 1. The van der Waals surface area contributed by atoms with E-state index in [2.05, 4.69) is 10.2 Å². The van der Waals surface area contributed by atoms with E-state index in [1.165, 1.54) is 12.1 Å². The molecule has 1 aliphatic heterocycles. The minimum absolute atomic E-state index is 0.0183. The van der Waals surface area contributed by atoms with Crippen LogP contribution in [-0.2, 0) is 4.79 Å². The normalized spacial score (nSPS) is 14.5. The van der Waals surface area contributed by atoms with Crippen LogP contribution >= 0.6 is 23.2 Å². The monoisotopic (exact) mass is 381 g/mol. The fraction of sp³-hybridized carbons (Fsp3) is 0.278. The average molecular weight is 382 g/mol. The Hall–Kier alpha value is -1.98. The van der Waals surface area contributed by atoms with Crippen molar-refractivity contribution in [1.29, 1.82) is 0 Å². The van der Waals surface area contributed by atoms with Crippen LogP contribution in [0.2, 0.25) is 10.0 Å². The highest BCUT2D eigenvalue weighted by Crippen LogP contribution is 2.25. The fourth-order valence-corrected chi connectivity index (χ4v) is 3.26. The highest BCUT2D eigenvalue weighted by molar-refractivity contribution is 6.36. The lowest BCUT2D eigenvalue weighted by atomic mass is 10.2. The SMILES string of the molecule is O=C(CNc1ccc(Cl)cc1Cl)N1CCN(c2ccc(F)cc2)CC1. The minimum Gasteiger partial charge on any atom is -0.375 e. The molecule has 2 aromatic rings. The third kappa shape index (κ3) is 4.55. The lowest BCUT2D eigenvalue weighted by Gasteiger charge is -2.36. The molecule has 0 aliphatic carbocycles. The molecule has 132 valence electrons. The van der Waals surface area contributed by atoms with Crippen molar-refractivity contribution >= 4 is 40.5 Å². The van der Waals surface area contributed by atoms with Crippen molar-refractivity contribution in [2.24, 2.45) is 0 Å². The Morgan fingerprint density at radius 3 is 2.36 bits per heavy atom. The smallest absolute Gasteiger partial charge is 0.241 e. The Labute approximate surface area is 156 Å². The number of nitrogens with zero attached hydrogens (tertiary/aromatic N) is 2. The summed E-state index contributed by atoms with van der Waals surface area (Å²) >= 11 is 12.0. The number of hydrogen-bond donors (Lipinski definition) is 1. The van der Waals surface area contributed by atoms with Gasteiger partial charge in [0.1, 0.15) is 5.82 Å². The Morgan fingerprint density at radius 2 is 1.72 bits per heavy atom. The lowest BCUT2D eigenvalue weighted by Crippen LogP contribution is -2.50. The van der Waals surface area contributed by atoms with Gasteiger partial charge in [-0.15, -0.1) is 0 Å². The molecule has 0 atom stereocenters. The number of carbonyl (C=O) groups excluding carboxylic acids is 1. The zero-order chi connectivity index (χ0) is 17.8. The van der Waals surface area contributed by atoms with Gasteiger partial charge in [0.2, 0.25) is 5.91 Å². The molecule has 0 bridgehead atoms. The Bertz CT molecular complexity index is 746. The maximum atomic E-state index is 13.0. The first-order chi connectivity index (χ1) is 12.0. The van der Waals surface area contributed by atoms with Crippen LogP contribution in [-0.4, -0.2) is 43.5 Å². The second-order valence-electron chi connectivity index (χ2n) is 5.82. The van der Waals surface area contributed by atoms with Crippen LogP contribution in [0.5, 0.6) is 0 Å². The first-order valence-corrected chi connectivity index (χ1v) is 8.76. The molecule has 1 heterocycles. The molecule has 1 fully saturated rings. The number of halogens is 3. The number of amides is 1. The van der Waals surface area contributed by atoms with Crippen LogP contribution in [0, 0.1) is 5.82 Å². The van der Waals surface area contributed by atoms with Gasteiger partial charge < -0.3 is 15.1 Å². The molecule has 0 radical (unpaired) electrons. The first-order valence-electron chi connectivity index (χ1n) is 8.00. The summed E-state index contributed by atoms with van der Waals surface area (Å²) < 4.78 is 13.0. The molecule has 0 spiro atoms. The molecule has 0 aromatic heterocycles. The van der Waals surface area contributed by atoms with Crippen molar-refractivity contribution in [2.45, 2.75) is 0 Å². The first kappa shape index (κ1) is 17.8. The predicted molar refractivity (Wildman–Crippen MR) is 100 cm³/mol. The van der Waals surface area contributed by atoms with Crippen molar-refractivity contribution in [3.05, 3.63) is 58.3 Å². The summed E-state index contributed by atoms with van der Waals surface area (Å²) in [6.07, 6.45) is 0. The molecule has 4 nitrogen and oxygen atoms in total. The van der Waals surface area contributed by atoms with E-state index in [-0.39, 0.29) is 18.3 Å². The van der Waals surface area contributed by atoms with Crippen LogP contribution in [0.15, 0.2) is 42.5 Å². The van der Waals surface area contributed by atoms with Gasteiger partial charge in [0.25, 0.3) is 0 Å². The molecule has 1 N–H and O–H groups in total. The number of benzene rings is 2. The highest BCUT2D eigenvalue weighted by Gasteiger charge is 2.21. The number of anilines is 2. The second-order valence-corrected chi connectivity index (χ2v) is 6.67. The average Bonchev–Trinajstić information content (AvgIpc) is 2.61. The zero-order valence-corrected chi connectivity index (χ0v) is 15.0. The van der Waals surface area contributed by atoms with Crippen molar-refractivity contribution in [2.75, 3.05) is 42.9 Å². The molecule has 1 amide bonds. The second kappa shape index (κ2) is 7.93. The zero-order valence-electron chi connectivity index (χ0n) is 13.5. The predicted octanol–water partition coefficient (Wildman–Crippen LogP) is 3.89. The highest BCUT2D eigenvalue weighted by atomic mass is 35.5. The summed E-state index contributed by atoms with van der Waals surface area (Å²) in [4.78, 5) is 16.3. The summed E-state index contributed by atoms with van der Waals surface area (Å²) in [6, 6.07) is 11.5. The molecule has 1 saturated heterocycles. The van der Waals surface area contributed by atoms with Crippen LogP contribution in [0.4, 0.5) is 15.8 Å². The van der Waals surface area contributed by atoms with E-state index in [4.69, 9.17) is 23.2 Å². The summed E-state index contributed by atoms with van der Waals surface area (Å²) in [5.41, 5.74) is 1.66. The van der Waals surface area contributed by atoms with Gasteiger partial charge in [-0.3, -0.25) is 4.79 Å². The standard InChI is InChI=1S/C18H18Cl2FN3O/c19-13-1-6-17(16(20)11-13)22-12-18(25)24-9-7-23(8-10-24)15-4-2-14(21)3-5-15/h1-6,11,22H,7-10,12H2. The van der Waals surface area contributed by atoms with Crippen molar-refractivity contribution in [1.82, 2.24) is 4.90 Å². The molecule has 25 heavy (non-hydrogen) atoms. The Kier molecular flexibility index (Phi) is 5.66. The van der Waals surface area contributed by atoms with E-state index < -0.39 is 0 Å². The maximum absolute atomic E-state index is 13.0. The lowest BCUT2D eigenvalue weighted by molar-refractivity contribution is -0.129. The number of hydrogen-bond acceptors (Lipinski definition) is 3. The van der Waals surface area contributed by atoms with E-state index in [1.807, 2.05) is 4.90 Å². The van der Waals surface area contributed by atoms with Crippen LogP contribution in [0.1, 0.15) is 0 Å². The Morgan fingerprint density at radius 1 is 1.04 bits per heavy atom. The van der Waals surface area contributed by atoms with Gasteiger partial charge in [0, 0.05) is 36.9 Å². The number of nitrogens with one attached hydrogen (secondary N) is 1. The summed E-state index contributed by atoms with van der Waals surface area (Å²) in [6.45, 7) is 2.88. The van der Waals surface area contributed by atoms with E-state index in [1.54, 1.807) is 30.3 Å². The molecule has 1 aliphatic rings. The molecule has 2 aromatic carbocycles. The molecule has 0 saturated carbocycles. The van der Waals surface area contributed by atoms with Crippen molar-refractivity contribution in [3.63, 3.8) is 0 Å². The Balaban J connectivity index is 1.50. The molecule has 3 rings (SSSR count). The van der Waals surface area contributed by atoms with Gasteiger partial charge in [0.05, 0.1) is 17.3 Å².